The van der Waals surface area contributed by atoms with Crippen molar-refractivity contribution in [3.05, 3.63) is 344 Å². The lowest BCUT2D eigenvalue weighted by Gasteiger charge is -2.34. The Hall–Kier alpha value is -9.56. The van der Waals surface area contributed by atoms with Gasteiger partial charge in [-0.25, -0.2) is 0 Å². The molecule has 0 spiro atoms. The first-order chi connectivity index (χ1) is 58.9. The van der Waals surface area contributed by atoms with Crippen LogP contribution in [-0.4, -0.2) is 18.3 Å². The second kappa shape index (κ2) is 39.7. The average Bonchev–Trinajstić information content (AvgIpc) is 0.709. The number of halogens is 14. The maximum Gasteiger partial charge on any atom is 0.458 e. The Morgan fingerprint density at radius 2 is 0.479 bits per heavy atom. The van der Waals surface area contributed by atoms with Crippen LogP contribution >= 0.6 is 0 Å². The molecule has 14 heteroatoms. The Labute approximate surface area is 726 Å². The van der Waals surface area contributed by atoms with Crippen LogP contribution in [0.3, 0.4) is 0 Å². The summed E-state index contributed by atoms with van der Waals surface area (Å²) in [6, 6.07) is 58.2. The summed E-state index contributed by atoms with van der Waals surface area (Å²) in [5, 5.41) is 0. The quantitative estimate of drug-likeness (QED) is 0.133. The second-order valence-electron chi connectivity index (χ2n) is 37.8. The molecule has 0 heterocycles. The molecule has 0 aliphatic carbocycles. The van der Waals surface area contributed by atoms with Gasteiger partial charge in [0.15, 0.2) is 0 Å². The van der Waals surface area contributed by atoms with Gasteiger partial charge in [0, 0.05) is 23.6 Å². The summed E-state index contributed by atoms with van der Waals surface area (Å²) in [6.45, 7) is 53.4. The number of hydrogen-bond donors (Lipinski definition) is 0. The van der Waals surface area contributed by atoms with Gasteiger partial charge in [0.25, 0.3) is 0 Å². The molecular weight excluding hydrogens is 1550 g/mol. The fourth-order valence-electron chi connectivity index (χ4n) is 14.2. The lowest BCUT2D eigenvalue weighted by Crippen LogP contribution is -2.40. The Balaban J connectivity index is 0.000000277. The van der Waals surface area contributed by atoms with Gasteiger partial charge >= 0.3 is 36.0 Å². The number of benzene rings is 11. The fraction of sp³-hybridized carbons (Fsp3) is 0.383. The average molecular weight is 1690 g/mol. The molecule has 0 saturated heterocycles. The molecule has 11 aromatic rings. The molecule has 0 unspecified atom stereocenters. The van der Waals surface area contributed by atoms with E-state index in [1.165, 1.54) is 97.4 Å². The summed E-state index contributed by atoms with van der Waals surface area (Å²) in [5.41, 5.74) is 12.5. The molecule has 0 N–H and O–H groups in total. The van der Waals surface area contributed by atoms with Crippen LogP contribution in [0.15, 0.2) is 255 Å². The molecule has 0 nitrogen and oxygen atoms in total. The van der Waals surface area contributed by atoms with Crippen molar-refractivity contribution in [2.24, 2.45) is 0 Å². The van der Waals surface area contributed by atoms with Crippen molar-refractivity contribution < 1.29 is 73.8 Å². The van der Waals surface area contributed by atoms with Crippen molar-refractivity contribution in [2.45, 2.75) is 268 Å². The zero-order valence-electron chi connectivity index (χ0n) is 84.3. The monoisotopic (exact) mass is 1690 g/mol. The van der Waals surface area contributed by atoms with Crippen LogP contribution in [0, 0.1) is 41.5 Å². The van der Waals surface area contributed by atoms with E-state index in [1.807, 2.05) is 20.8 Å². The smallest absolute Gasteiger partial charge is 0.200 e. The molecule has 11 aromatic carbocycles. The molecular formula is C107H126F14. The zero-order valence-corrected chi connectivity index (χ0v) is 75.3. The molecule has 11 rings (SSSR count). The van der Waals surface area contributed by atoms with E-state index in [0.717, 1.165) is 32.4 Å². The highest BCUT2D eigenvalue weighted by Crippen LogP contribution is 2.53. The van der Waals surface area contributed by atoms with Crippen molar-refractivity contribution in [1.82, 2.24) is 0 Å². The molecule has 0 aliphatic rings. The van der Waals surface area contributed by atoms with Crippen molar-refractivity contribution >= 4 is 0 Å². The molecule has 0 atom stereocenters. The van der Waals surface area contributed by atoms with Gasteiger partial charge in [-0.1, -0.05) is 393 Å². The Morgan fingerprint density at radius 3 is 0.777 bits per heavy atom. The Bertz CT molecular complexity index is 5350. The summed E-state index contributed by atoms with van der Waals surface area (Å²) < 4.78 is 258. The Morgan fingerprint density at radius 1 is 0.207 bits per heavy atom. The van der Waals surface area contributed by atoms with E-state index in [1.54, 1.807) is 39.0 Å². The zero-order chi connectivity index (χ0) is 99.9. The van der Waals surface area contributed by atoms with E-state index >= 15 is 0 Å². The van der Waals surface area contributed by atoms with Crippen LogP contribution in [0.4, 0.5) is 61.5 Å². The largest absolute Gasteiger partial charge is 0.458 e. The predicted molar refractivity (Wildman–Crippen MR) is 481 cm³/mol. The predicted octanol–water partition coefficient (Wildman–Crippen LogP) is 34.5. The van der Waals surface area contributed by atoms with Crippen LogP contribution in [0.1, 0.15) is 254 Å². The highest BCUT2D eigenvalue weighted by Gasteiger charge is 2.63. The number of hydrogen-bond acceptors (Lipinski definition) is 0. The minimum absolute atomic E-state index is 0.00215. The van der Waals surface area contributed by atoms with E-state index in [-0.39, 0.29) is 92.5 Å². The summed E-state index contributed by atoms with van der Waals surface area (Å²) in [5.74, 6) is -19.9. The number of rotatable bonds is 8. The van der Waals surface area contributed by atoms with Gasteiger partial charge in [-0.15, -0.1) is 0 Å². The summed E-state index contributed by atoms with van der Waals surface area (Å²) in [7, 11) is 0. The van der Waals surface area contributed by atoms with Gasteiger partial charge in [-0.3, -0.25) is 0 Å². The number of aryl methyl sites for hydroxylation is 5. The first-order valence-electron chi connectivity index (χ1n) is 44.6. The highest BCUT2D eigenvalue weighted by atomic mass is 19.4. The molecule has 0 aliphatic heterocycles. The van der Waals surface area contributed by atoms with E-state index in [0.29, 0.717) is 29.3 Å². The molecule has 652 valence electrons. The molecule has 0 saturated carbocycles. The van der Waals surface area contributed by atoms with Gasteiger partial charge < -0.3 is 0 Å². The van der Waals surface area contributed by atoms with Gasteiger partial charge in [-0.05, 0) is 203 Å². The van der Waals surface area contributed by atoms with Crippen LogP contribution < -0.4 is 0 Å². The first-order valence-corrected chi connectivity index (χ1v) is 40.1. The highest BCUT2D eigenvalue weighted by molar-refractivity contribution is 5.76. The van der Waals surface area contributed by atoms with Crippen molar-refractivity contribution in [1.29, 1.82) is 0 Å². The third-order valence-electron chi connectivity index (χ3n) is 19.9. The minimum Gasteiger partial charge on any atom is -0.200 e. The van der Waals surface area contributed by atoms with Gasteiger partial charge in [0.1, 0.15) is 0 Å². The standard InChI is InChI=1S/C23H24.C22H22.C15H15F9.C12H13F5.2C12H18.C11H16/c1-17-10-12-19(13-11-17)21-14-20(18-8-6-5-7-9-18)15-22(16-21)23(2,3)4;1-22(2,3)21-15-19(17-10-6-4-7-11-17)14-20(16-21)18-12-8-5-9-13-18;1-11(2,3)10-8(13(18,19)12(4,16)17)6-5-7-9(10)14(20,21)15(22,23)24;1-10(2,3)8-6-4-5-7-9(8)11(13,14)12(15,16)17;2*1-9-7-6-8-10(2)11(9)12(3,4)5;1-9-7-5-6-8-10(9)11(2,3)4/h5-16H,1-4H3;4-16H,1-3H3;5-7H,1-4H3;4-7H,1-3H3;2*6-8H,1-5H3;5-8H,1-4H3/i5D,6D,7D,8D,9D,10D,11D,12D,13D;;;;;;. The van der Waals surface area contributed by atoms with Crippen LogP contribution in [0.25, 0.3) is 44.5 Å². The van der Waals surface area contributed by atoms with Crippen molar-refractivity contribution in [3.8, 4) is 44.5 Å². The summed E-state index contributed by atoms with van der Waals surface area (Å²) in [4.78, 5) is 0. The third-order valence-corrected chi connectivity index (χ3v) is 19.9. The van der Waals surface area contributed by atoms with Gasteiger partial charge in [-0.2, -0.15) is 61.5 Å². The van der Waals surface area contributed by atoms with Gasteiger partial charge in [0.2, 0.25) is 0 Å². The van der Waals surface area contributed by atoms with Crippen LogP contribution in [-0.2, 0) is 55.7 Å². The topological polar surface area (TPSA) is 0 Å². The van der Waals surface area contributed by atoms with E-state index in [9.17, 15) is 61.5 Å². The SMILES string of the molecule is CC(C)(C)c1c(C(F)(F)C(C)(F)F)cccc1C(F)(F)C(F)(F)F.CC(C)(C)c1cc(-c2ccccc2)cc(-c2ccccc2)c1.CC(C)(C)c1ccccc1C(F)(F)C(F)(F)F.Cc1cccc(C)c1C(C)(C)C.Cc1cccc(C)c1C(C)(C)C.Cc1ccccc1C(C)(C)C.[2H]c1c([2H])c([2H])c(-c2cc(-c3c([2H])c([2H])c(C)c([2H])c3[2H])cc(C(C)(C)C)c2)c([2H])c1[2H]. The summed E-state index contributed by atoms with van der Waals surface area (Å²) >= 11 is 0. The van der Waals surface area contributed by atoms with Crippen LogP contribution in [0.5, 0.6) is 0 Å². The first kappa shape index (κ1) is 87.8. The van der Waals surface area contributed by atoms with Gasteiger partial charge in [0.05, 0.1) is 12.3 Å². The molecule has 0 bridgehead atoms. The van der Waals surface area contributed by atoms with E-state index in [2.05, 4.69) is 257 Å². The summed E-state index contributed by atoms with van der Waals surface area (Å²) in [6.07, 6.45) is -11.6. The lowest BCUT2D eigenvalue weighted by atomic mass is 9.76. The fourth-order valence-corrected chi connectivity index (χ4v) is 14.2. The number of alkyl halides is 14. The molecule has 0 amide bonds. The van der Waals surface area contributed by atoms with E-state index in [4.69, 9.17) is 12.3 Å². The third kappa shape index (κ3) is 28.0. The molecule has 0 radical (unpaired) electrons. The minimum atomic E-state index is -6.06. The van der Waals surface area contributed by atoms with E-state index < -0.39 is 87.3 Å². The maximum absolute atomic E-state index is 14.0. The van der Waals surface area contributed by atoms with Crippen molar-refractivity contribution in [3.63, 3.8) is 0 Å². The maximum atomic E-state index is 14.0. The Kier molecular flexibility index (Phi) is 28.8. The molecule has 121 heavy (non-hydrogen) atoms. The second-order valence-corrected chi connectivity index (χ2v) is 37.8. The molecule has 0 fully saturated rings. The van der Waals surface area contributed by atoms with Crippen molar-refractivity contribution in [2.75, 3.05) is 0 Å². The lowest BCUT2D eigenvalue weighted by molar-refractivity contribution is -0.290. The molecule has 0 aromatic heterocycles. The van der Waals surface area contributed by atoms with Crippen LogP contribution in [0.2, 0.25) is 0 Å². The normalized spacial score (nSPS) is 13.6.